The number of unbranched alkanes of at least 4 members (excludes halogenated alkanes) is 9. The largest absolute Gasteiger partial charge is 0.469 e. The highest BCUT2D eigenvalue weighted by Crippen LogP contribution is 2.15. The van der Waals surface area contributed by atoms with Gasteiger partial charge >= 0.3 is 5.97 Å². The molecule has 2 N–H and O–H groups in total. The van der Waals surface area contributed by atoms with Gasteiger partial charge in [-0.2, -0.15) is 0 Å². The minimum atomic E-state index is -0.583. The lowest BCUT2D eigenvalue weighted by Crippen LogP contribution is -2.25. The Morgan fingerprint density at radius 1 is 0.783 bits per heavy atom. The fourth-order valence-electron chi connectivity index (χ4n) is 2.77. The van der Waals surface area contributed by atoms with Crippen molar-refractivity contribution in [2.24, 2.45) is 0 Å². The SMILES string of the molecule is CCCCCCCC[C@@H](O)[C@@H](O)CCCCCCCC(=O)OC. The molecule has 4 nitrogen and oxygen atoms in total. The van der Waals surface area contributed by atoms with Crippen molar-refractivity contribution in [2.45, 2.75) is 109 Å². The van der Waals surface area contributed by atoms with Crippen molar-refractivity contribution in [3.05, 3.63) is 0 Å². The maximum atomic E-state index is 10.9. The van der Waals surface area contributed by atoms with Gasteiger partial charge in [0.15, 0.2) is 0 Å². The van der Waals surface area contributed by atoms with Gasteiger partial charge in [0.25, 0.3) is 0 Å². The van der Waals surface area contributed by atoms with E-state index < -0.39 is 12.2 Å². The van der Waals surface area contributed by atoms with Gasteiger partial charge in [0.2, 0.25) is 0 Å². The molecule has 0 rings (SSSR count). The molecule has 0 amide bonds. The predicted molar refractivity (Wildman–Crippen MR) is 94.3 cm³/mol. The molecule has 0 fully saturated rings. The molecule has 0 heterocycles. The third kappa shape index (κ3) is 14.7. The van der Waals surface area contributed by atoms with Crippen LogP contribution in [0.2, 0.25) is 0 Å². The van der Waals surface area contributed by atoms with E-state index in [0.29, 0.717) is 19.3 Å². The molecular formula is C19H38O4. The number of esters is 1. The zero-order valence-corrected chi connectivity index (χ0v) is 15.3. The zero-order valence-electron chi connectivity index (χ0n) is 15.3. The molecule has 0 aliphatic carbocycles. The third-order valence-electron chi connectivity index (χ3n) is 4.41. The second kappa shape index (κ2) is 16.3. The molecule has 0 aliphatic heterocycles. The monoisotopic (exact) mass is 330 g/mol. The number of carbonyl (C=O) groups excluding carboxylic acids is 1. The number of rotatable bonds is 16. The highest BCUT2D eigenvalue weighted by Gasteiger charge is 2.15. The van der Waals surface area contributed by atoms with E-state index in [-0.39, 0.29) is 5.97 Å². The quantitative estimate of drug-likeness (QED) is 0.326. The first kappa shape index (κ1) is 22.4. The minimum Gasteiger partial charge on any atom is -0.469 e. The Kier molecular flexibility index (Phi) is 15.8. The zero-order chi connectivity index (χ0) is 17.3. The van der Waals surface area contributed by atoms with Crippen LogP contribution in [0.1, 0.15) is 96.8 Å². The lowest BCUT2D eigenvalue weighted by molar-refractivity contribution is -0.140. The highest BCUT2D eigenvalue weighted by molar-refractivity contribution is 5.68. The molecule has 0 unspecified atom stereocenters. The number of hydrogen-bond donors (Lipinski definition) is 2. The van der Waals surface area contributed by atoms with Crippen molar-refractivity contribution in [1.82, 2.24) is 0 Å². The van der Waals surface area contributed by atoms with Crippen LogP contribution in [0.5, 0.6) is 0 Å². The number of aliphatic hydroxyl groups is 2. The van der Waals surface area contributed by atoms with Crippen LogP contribution in [0, 0.1) is 0 Å². The Hall–Kier alpha value is -0.610. The highest BCUT2D eigenvalue weighted by atomic mass is 16.5. The van der Waals surface area contributed by atoms with Crippen molar-refractivity contribution in [3.8, 4) is 0 Å². The molecule has 23 heavy (non-hydrogen) atoms. The van der Waals surface area contributed by atoms with Gasteiger partial charge in [0.05, 0.1) is 19.3 Å². The van der Waals surface area contributed by atoms with Gasteiger partial charge in [-0.15, -0.1) is 0 Å². The summed E-state index contributed by atoms with van der Waals surface area (Å²) in [6.07, 6.45) is 12.9. The predicted octanol–water partition coefficient (Wildman–Crippen LogP) is 4.36. The molecule has 0 bridgehead atoms. The van der Waals surface area contributed by atoms with Gasteiger partial charge in [0, 0.05) is 6.42 Å². The van der Waals surface area contributed by atoms with Gasteiger partial charge in [-0.3, -0.25) is 4.79 Å². The molecule has 0 aromatic rings. The van der Waals surface area contributed by atoms with Crippen LogP contribution < -0.4 is 0 Å². The maximum Gasteiger partial charge on any atom is 0.305 e. The first-order valence-corrected chi connectivity index (χ1v) is 9.54. The summed E-state index contributed by atoms with van der Waals surface area (Å²) in [6.45, 7) is 2.21. The molecule has 2 atom stereocenters. The van der Waals surface area contributed by atoms with Gasteiger partial charge in [-0.25, -0.2) is 0 Å². The Morgan fingerprint density at radius 3 is 1.70 bits per heavy atom. The number of methoxy groups -OCH3 is 1. The van der Waals surface area contributed by atoms with Crippen molar-refractivity contribution < 1.29 is 19.7 Å². The van der Waals surface area contributed by atoms with E-state index in [9.17, 15) is 15.0 Å². The van der Waals surface area contributed by atoms with Crippen LogP contribution in [0.25, 0.3) is 0 Å². The van der Waals surface area contributed by atoms with Gasteiger partial charge < -0.3 is 14.9 Å². The summed E-state index contributed by atoms with van der Waals surface area (Å²) >= 11 is 0. The molecule has 0 radical (unpaired) electrons. The molecule has 0 aliphatic rings. The van der Waals surface area contributed by atoms with Crippen LogP contribution >= 0.6 is 0 Å². The van der Waals surface area contributed by atoms with Crippen LogP contribution in [0.3, 0.4) is 0 Å². The normalized spacial score (nSPS) is 13.7. The topological polar surface area (TPSA) is 66.8 Å². The second-order valence-electron chi connectivity index (χ2n) is 6.57. The van der Waals surface area contributed by atoms with E-state index in [0.717, 1.165) is 44.9 Å². The summed E-state index contributed by atoms with van der Waals surface area (Å²) in [5, 5.41) is 19.9. The van der Waals surface area contributed by atoms with E-state index in [1.165, 1.54) is 32.8 Å². The number of hydrogen-bond acceptors (Lipinski definition) is 4. The van der Waals surface area contributed by atoms with E-state index in [1.807, 2.05) is 0 Å². The first-order chi connectivity index (χ1) is 11.1. The van der Waals surface area contributed by atoms with Crippen molar-refractivity contribution in [3.63, 3.8) is 0 Å². The Bertz CT molecular complexity index is 268. The van der Waals surface area contributed by atoms with Crippen LogP contribution in [-0.2, 0) is 9.53 Å². The van der Waals surface area contributed by atoms with E-state index in [1.54, 1.807) is 0 Å². The molecule has 0 saturated carbocycles. The molecule has 0 saturated heterocycles. The molecule has 0 spiro atoms. The van der Waals surface area contributed by atoms with E-state index >= 15 is 0 Å². The number of carbonyl (C=O) groups is 1. The van der Waals surface area contributed by atoms with Crippen LogP contribution in [-0.4, -0.2) is 35.5 Å². The summed E-state index contributed by atoms with van der Waals surface area (Å²) in [4.78, 5) is 10.9. The minimum absolute atomic E-state index is 0.141. The maximum absolute atomic E-state index is 10.9. The lowest BCUT2D eigenvalue weighted by Gasteiger charge is -2.17. The molecule has 0 aromatic carbocycles. The fraction of sp³-hybridized carbons (Fsp3) is 0.947. The Morgan fingerprint density at radius 2 is 1.22 bits per heavy atom. The molecule has 138 valence electrons. The first-order valence-electron chi connectivity index (χ1n) is 9.54. The van der Waals surface area contributed by atoms with Gasteiger partial charge in [-0.05, 0) is 19.3 Å². The molecular weight excluding hydrogens is 292 g/mol. The van der Waals surface area contributed by atoms with Gasteiger partial charge in [0.1, 0.15) is 0 Å². The average Bonchev–Trinajstić information content (AvgIpc) is 2.56. The molecule has 0 aromatic heterocycles. The number of ether oxygens (including phenoxy) is 1. The average molecular weight is 331 g/mol. The Balaban J connectivity index is 3.40. The fourth-order valence-corrected chi connectivity index (χ4v) is 2.77. The second-order valence-corrected chi connectivity index (χ2v) is 6.57. The summed E-state index contributed by atoms with van der Waals surface area (Å²) in [5.41, 5.74) is 0. The summed E-state index contributed by atoms with van der Waals surface area (Å²) in [5.74, 6) is -0.141. The lowest BCUT2D eigenvalue weighted by atomic mass is 9.99. The summed E-state index contributed by atoms with van der Waals surface area (Å²) in [6, 6.07) is 0. The van der Waals surface area contributed by atoms with E-state index in [2.05, 4.69) is 11.7 Å². The van der Waals surface area contributed by atoms with Gasteiger partial charge in [-0.1, -0.05) is 71.1 Å². The standard InChI is InChI=1S/C19H38O4/c1-3-4-5-6-8-11-14-17(20)18(21)15-12-9-7-10-13-16-19(22)23-2/h17-18,20-21H,3-16H2,1-2H3/t17-,18+/m1/s1. The van der Waals surface area contributed by atoms with Crippen molar-refractivity contribution in [1.29, 1.82) is 0 Å². The summed E-state index contributed by atoms with van der Waals surface area (Å²) in [7, 11) is 1.42. The third-order valence-corrected chi connectivity index (χ3v) is 4.41. The van der Waals surface area contributed by atoms with Crippen molar-refractivity contribution in [2.75, 3.05) is 7.11 Å². The van der Waals surface area contributed by atoms with Crippen LogP contribution in [0.4, 0.5) is 0 Å². The van der Waals surface area contributed by atoms with Crippen molar-refractivity contribution >= 4 is 5.97 Å². The van der Waals surface area contributed by atoms with Crippen LogP contribution in [0.15, 0.2) is 0 Å². The molecule has 4 heteroatoms. The smallest absolute Gasteiger partial charge is 0.305 e. The number of aliphatic hydroxyl groups excluding tert-OH is 2. The Labute approximate surface area is 142 Å². The summed E-state index contributed by atoms with van der Waals surface area (Å²) < 4.78 is 4.60. The van der Waals surface area contributed by atoms with E-state index in [4.69, 9.17) is 0 Å².